The molecule has 102 valence electrons. The topological polar surface area (TPSA) is 35.2 Å². The van der Waals surface area contributed by atoms with Gasteiger partial charge in [-0.1, -0.05) is 32.1 Å². The average Bonchev–Trinajstić information content (AvgIpc) is 2.36. The van der Waals surface area contributed by atoms with E-state index in [1.54, 1.807) is 7.11 Å². The Kier molecular flexibility index (Phi) is 7.05. The van der Waals surface area contributed by atoms with E-state index in [0.717, 1.165) is 18.8 Å². The normalized spacial score (nSPS) is 21.4. The van der Waals surface area contributed by atoms with Gasteiger partial charge in [-0.05, 0) is 38.1 Å². The molecule has 1 aliphatic rings. The molecule has 0 aromatic rings. The molecule has 0 radical (unpaired) electrons. The first-order valence-electron chi connectivity index (χ1n) is 7.08. The fourth-order valence-electron chi connectivity index (χ4n) is 2.89. The summed E-state index contributed by atoms with van der Waals surface area (Å²) in [5, 5.41) is 0. The van der Waals surface area contributed by atoms with Crippen LogP contribution >= 0.6 is 0 Å². The van der Waals surface area contributed by atoms with Crippen molar-refractivity contribution in [3.63, 3.8) is 0 Å². The molecule has 0 bridgehead atoms. The molecule has 1 atom stereocenters. The van der Waals surface area contributed by atoms with Gasteiger partial charge in [0.1, 0.15) is 5.67 Å². The molecule has 0 saturated heterocycles. The number of halogens is 1. The lowest BCUT2D eigenvalue weighted by atomic mass is 9.82. The molecule has 0 aromatic heterocycles. The molecule has 1 rings (SSSR count). The lowest BCUT2D eigenvalue weighted by molar-refractivity contribution is 0.0208. The van der Waals surface area contributed by atoms with Gasteiger partial charge in [-0.3, -0.25) is 0 Å². The van der Waals surface area contributed by atoms with Crippen LogP contribution < -0.4 is 5.73 Å². The van der Waals surface area contributed by atoms with Crippen molar-refractivity contribution in [1.29, 1.82) is 0 Å². The molecule has 1 aliphatic carbocycles. The molecule has 2 N–H and O–H groups in total. The van der Waals surface area contributed by atoms with Crippen LogP contribution in [0.2, 0.25) is 0 Å². The van der Waals surface area contributed by atoms with Gasteiger partial charge < -0.3 is 10.5 Å². The van der Waals surface area contributed by atoms with Crippen LogP contribution in [0.15, 0.2) is 0 Å². The Hall–Kier alpha value is -0.150. The first-order chi connectivity index (χ1) is 8.20. The summed E-state index contributed by atoms with van der Waals surface area (Å²) >= 11 is 0. The number of alkyl halides is 1. The van der Waals surface area contributed by atoms with Crippen molar-refractivity contribution < 1.29 is 9.13 Å². The minimum absolute atomic E-state index is 0.222. The highest BCUT2D eigenvalue weighted by molar-refractivity contribution is 4.81. The number of nitrogens with two attached hydrogens (primary N) is 1. The van der Waals surface area contributed by atoms with E-state index in [9.17, 15) is 4.39 Å². The number of ether oxygens (including phenoxy) is 1. The third-order valence-corrected chi connectivity index (χ3v) is 3.96. The summed E-state index contributed by atoms with van der Waals surface area (Å²) < 4.78 is 19.6. The van der Waals surface area contributed by atoms with Crippen LogP contribution in [-0.2, 0) is 4.74 Å². The maximum Gasteiger partial charge on any atom is 0.134 e. The number of rotatable bonds is 8. The van der Waals surface area contributed by atoms with Gasteiger partial charge in [0.25, 0.3) is 0 Å². The molecule has 0 aliphatic heterocycles. The molecule has 1 saturated carbocycles. The second-order valence-electron chi connectivity index (χ2n) is 5.52. The monoisotopic (exact) mass is 245 g/mol. The first kappa shape index (κ1) is 14.9. The lowest BCUT2D eigenvalue weighted by Gasteiger charge is -2.28. The van der Waals surface area contributed by atoms with E-state index in [1.807, 2.05) is 0 Å². The minimum Gasteiger partial charge on any atom is -0.381 e. The Morgan fingerprint density at radius 2 is 1.94 bits per heavy atom. The molecule has 0 amide bonds. The highest BCUT2D eigenvalue weighted by atomic mass is 19.1. The summed E-state index contributed by atoms with van der Waals surface area (Å²) in [5.41, 5.74) is 4.32. The maximum absolute atomic E-state index is 14.6. The van der Waals surface area contributed by atoms with Crippen molar-refractivity contribution in [3.05, 3.63) is 0 Å². The summed E-state index contributed by atoms with van der Waals surface area (Å²) in [4.78, 5) is 0. The summed E-state index contributed by atoms with van der Waals surface area (Å²) in [6.07, 6.45) is 9.57. The van der Waals surface area contributed by atoms with Gasteiger partial charge in [0.05, 0.1) is 6.61 Å². The van der Waals surface area contributed by atoms with Gasteiger partial charge in [-0.2, -0.15) is 0 Å². The standard InChI is InChI=1S/C14H28FNO/c1-17-12-14(15,9-5-11-16)10-8-13-6-3-2-4-7-13/h13H,2-12,16H2,1H3. The van der Waals surface area contributed by atoms with E-state index in [2.05, 4.69) is 0 Å². The largest absolute Gasteiger partial charge is 0.381 e. The highest BCUT2D eigenvalue weighted by Gasteiger charge is 2.30. The molecule has 1 fully saturated rings. The molecule has 0 aromatic carbocycles. The second-order valence-corrected chi connectivity index (χ2v) is 5.52. The highest BCUT2D eigenvalue weighted by Crippen LogP contribution is 2.32. The van der Waals surface area contributed by atoms with Crippen LogP contribution in [0.5, 0.6) is 0 Å². The first-order valence-corrected chi connectivity index (χ1v) is 7.08. The Labute approximate surface area is 105 Å². The molecule has 0 spiro atoms. The van der Waals surface area contributed by atoms with Crippen LogP contribution in [0, 0.1) is 5.92 Å². The predicted octanol–water partition coefficient (Wildman–Crippen LogP) is 3.44. The second kappa shape index (κ2) is 8.04. The number of hydrogen-bond donors (Lipinski definition) is 1. The fraction of sp³-hybridized carbons (Fsp3) is 1.00. The molecule has 17 heavy (non-hydrogen) atoms. The van der Waals surface area contributed by atoms with Crippen molar-refractivity contribution in [1.82, 2.24) is 0 Å². The SMILES string of the molecule is COCC(F)(CCCN)CCC1CCCCC1. The van der Waals surface area contributed by atoms with Gasteiger partial charge >= 0.3 is 0 Å². The van der Waals surface area contributed by atoms with Gasteiger partial charge in [0.15, 0.2) is 0 Å². The lowest BCUT2D eigenvalue weighted by Crippen LogP contribution is -2.30. The van der Waals surface area contributed by atoms with Crippen molar-refractivity contribution in [2.24, 2.45) is 11.7 Å². The maximum atomic E-state index is 14.6. The van der Waals surface area contributed by atoms with Crippen LogP contribution in [0.25, 0.3) is 0 Å². The Bertz CT molecular complexity index is 195. The van der Waals surface area contributed by atoms with Crippen LogP contribution in [-0.4, -0.2) is 25.9 Å². The van der Waals surface area contributed by atoms with Gasteiger partial charge in [-0.15, -0.1) is 0 Å². The number of hydrogen-bond acceptors (Lipinski definition) is 2. The van der Waals surface area contributed by atoms with E-state index in [1.165, 1.54) is 32.1 Å². The molecule has 0 heterocycles. The van der Waals surface area contributed by atoms with Gasteiger partial charge in [0, 0.05) is 7.11 Å². The number of methoxy groups -OCH3 is 1. The zero-order valence-electron chi connectivity index (χ0n) is 11.2. The van der Waals surface area contributed by atoms with Crippen molar-refractivity contribution in [2.45, 2.75) is 63.5 Å². The van der Waals surface area contributed by atoms with E-state index >= 15 is 0 Å². The van der Waals surface area contributed by atoms with Crippen molar-refractivity contribution >= 4 is 0 Å². The third kappa shape index (κ3) is 5.82. The summed E-state index contributed by atoms with van der Waals surface area (Å²) in [6, 6.07) is 0. The zero-order valence-corrected chi connectivity index (χ0v) is 11.2. The van der Waals surface area contributed by atoms with E-state index in [4.69, 9.17) is 10.5 Å². The Balaban J connectivity index is 2.31. The smallest absolute Gasteiger partial charge is 0.134 e. The molecule has 1 unspecified atom stereocenters. The fourth-order valence-corrected chi connectivity index (χ4v) is 2.89. The van der Waals surface area contributed by atoms with Crippen LogP contribution in [0.4, 0.5) is 4.39 Å². The molecular weight excluding hydrogens is 217 g/mol. The van der Waals surface area contributed by atoms with Crippen LogP contribution in [0.3, 0.4) is 0 Å². The van der Waals surface area contributed by atoms with E-state index in [-0.39, 0.29) is 6.61 Å². The summed E-state index contributed by atoms with van der Waals surface area (Å²) in [5.74, 6) is 0.744. The van der Waals surface area contributed by atoms with Gasteiger partial charge in [0.2, 0.25) is 0 Å². The van der Waals surface area contributed by atoms with Crippen molar-refractivity contribution in [3.8, 4) is 0 Å². The molecule has 3 heteroatoms. The summed E-state index contributed by atoms with van der Waals surface area (Å²) in [7, 11) is 1.58. The van der Waals surface area contributed by atoms with Crippen LogP contribution in [0.1, 0.15) is 57.8 Å². The van der Waals surface area contributed by atoms with E-state index < -0.39 is 5.67 Å². The minimum atomic E-state index is -1.15. The van der Waals surface area contributed by atoms with E-state index in [0.29, 0.717) is 19.4 Å². The molecule has 2 nitrogen and oxygen atoms in total. The van der Waals surface area contributed by atoms with Gasteiger partial charge in [-0.25, -0.2) is 4.39 Å². The predicted molar refractivity (Wildman–Crippen MR) is 69.8 cm³/mol. The average molecular weight is 245 g/mol. The third-order valence-electron chi connectivity index (χ3n) is 3.96. The summed E-state index contributed by atoms with van der Waals surface area (Å²) in [6.45, 7) is 0.790. The molecular formula is C14H28FNO. The van der Waals surface area contributed by atoms with Crippen molar-refractivity contribution in [2.75, 3.05) is 20.3 Å². The Morgan fingerprint density at radius 3 is 2.53 bits per heavy atom. The zero-order chi connectivity index (χ0) is 12.6. The quantitative estimate of drug-likeness (QED) is 0.711. The Morgan fingerprint density at radius 1 is 1.24 bits per heavy atom.